The Labute approximate surface area is 169 Å². The molecule has 2 aromatic rings. The number of nitrogens with zero attached hydrogens (tertiary/aromatic N) is 1. The number of carbonyl (C=O) groups is 2. The third kappa shape index (κ3) is 5.22. The molecule has 0 spiro atoms. The van der Waals surface area contributed by atoms with Gasteiger partial charge < -0.3 is 10.2 Å². The van der Waals surface area contributed by atoms with Crippen molar-refractivity contribution in [3.8, 4) is 0 Å². The summed E-state index contributed by atoms with van der Waals surface area (Å²) in [5, 5.41) is 2.98. The number of amides is 2. The van der Waals surface area contributed by atoms with Gasteiger partial charge in [-0.3, -0.25) is 9.59 Å². The Morgan fingerprint density at radius 2 is 1.61 bits per heavy atom. The van der Waals surface area contributed by atoms with Crippen molar-refractivity contribution in [3.05, 3.63) is 64.7 Å². The normalized spacial score (nSPS) is 12.9. The van der Waals surface area contributed by atoms with Gasteiger partial charge >= 0.3 is 0 Å². The predicted molar refractivity (Wildman–Crippen MR) is 116 cm³/mol. The van der Waals surface area contributed by atoms with Crippen molar-refractivity contribution in [2.75, 3.05) is 18.9 Å². The maximum Gasteiger partial charge on any atom is 0.243 e. The van der Waals surface area contributed by atoms with E-state index in [0.29, 0.717) is 0 Å². The summed E-state index contributed by atoms with van der Waals surface area (Å²) >= 11 is 0. The largest absolute Gasteiger partial charge is 0.336 e. The Balaban J connectivity index is 2.13. The molecule has 2 amide bonds. The Bertz CT molecular complexity index is 807. The van der Waals surface area contributed by atoms with Crippen molar-refractivity contribution >= 4 is 17.5 Å². The standard InChI is InChI=1S/C24H32N2O2/c1-7-17(3)22(20-11-9-8-10-12-20)24(28)26(6)15-21(27)25-23-18(4)13-16(2)14-19(23)5/h8-14,17,22H,7,15H2,1-6H3,(H,25,27). The molecule has 2 aromatic carbocycles. The van der Waals surface area contributed by atoms with Gasteiger partial charge in [0.2, 0.25) is 11.8 Å². The summed E-state index contributed by atoms with van der Waals surface area (Å²) in [5.41, 5.74) is 5.06. The lowest BCUT2D eigenvalue weighted by atomic mass is 9.84. The number of carbonyl (C=O) groups excluding carboxylic acids is 2. The lowest BCUT2D eigenvalue weighted by molar-refractivity contribution is -0.135. The number of hydrogen-bond donors (Lipinski definition) is 1. The van der Waals surface area contributed by atoms with Crippen LogP contribution in [0.25, 0.3) is 0 Å². The summed E-state index contributed by atoms with van der Waals surface area (Å²) in [6, 6.07) is 13.9. The predicted octanol–water partition coefficient (Wildman–Crippen LogP) is 4.84. The molecule has 0 aromatic heterocycles. The summed E-state index contributed by atoms with van der Waals surface area (Å²) < 4.78 is 0. The minimum Gasteiger partial charge on any atom is -0.336 e. The maximum absolute atomic E-state index is 13.2. The van der Waals surface area contributed by atoms with Crippen molar-refractivity contribution in [1.82, 2.24) is 4.90 Å². The highest BCUT2D eigenvalue weighted by Crippen LogP contribution is 2.29. The van der Waals surface area contributed by atoms with Gasteiger partial charge in [-0.15, -0.1) is 0 Å². The fourth-order valence-electron chi connectivity index (χ4n) is 3.70. The molecule has 0 radical (unpaired) electrons. The van der Waals surface area contributed by atoms with Gasteiger partial charge in [0.25, 0.3) is 0 Å². The first-order valence-electron chi connectivity index (χ1n) is 9.92. The molecule has 28 heavy (non-hydrogen) atoms. The molecule has 0 fully saturated rings. The second kappa shape index (κ2) is 9.54. The molecule has 0 saturated heterocycles. The van der Waals surface area contributed by atoms with Crippen LogP contribution in [0.4, 0.5) is 5.69 Å². The van der Waals surface area contributed by atoms with Gasteiger partial charge in [0.15, 0.2) is 0 Å². The monoisotopic (exact) mass is 380 g/mol. The minimum atomic E-state index is -0.244. The molecule has 2 atom stereocenters. The van der Waals surface area contributed by atoms with E-state index in [2.05, 4.69) is 19.2 Å². The first-order valence-corrected chi connectivity index (χ1v) is 9.92. The van der Waals surface area contributed by atoms with Gasteiger partial charge in [-0.25, -0.2) is 0 Å². The summed E-state index contributed by atoms with van der Waals surface area (Å²) in [6.45, 7) is 10.2. The Hall–Kier alpha value is -2.62. The lowest BCUT2D eigenvalue weighted by Gasteiger charge is -2.28. The maximum atomic E-state index is 13.2. The van der Waals surface area contributed by atoms with Crippen molar-refractivity contribution < 1.29 is 9.59 Å². The molecule has 0 aliphatic carbocycles. The van der Waals surface area contributed by atoms with Gasteiger partial charge in [-0.05, 0) is 43.4 Å². The van der Waals surface area contributed by atoms with E-state index in [4.69, 9.17) is 0 Å². The highest BCUT2D eigenvalue weighted by molar-refractivity contribution is 5.96. The molecule has 2 unspecified atom stereocenters. The highest BCUT2D eigenvalue weighted by atomic mass is 16.2. The zero-order chi connectivity index (χ0) is 20.8. The molecule has 4 heteroatoms. The highest BCUT2D eigenvalue weighted by Gasteiger charge is 2.29. The smallest absolute Gasteiger partial charge is 0.243 e. The van der Waals surface area contributed by atoms with Crippen molar-refractivity contribution in [2.45, 2.75) is 47.0 Å². The van der Waals surface area contributed by atoms with Crippen molar-refractivity contribution in [3.63, 3.8) is 0 Å². The second-order valence-corrected chi connectivity index (χ2v) is 7.79. The molecule has 4 nitrogen and oxygen atoms in total. The van der Waals surface area contributed by atoms with Crippen LogP contribution >= 0.6 is 0 Å². The van der Waals surface area contributed by atoms with Crippen LogP contribution in [0.3, 0.4) is 0 Å². The Kier molecular flexibility index (Phi) is 7.38. The molecule has 0 saturated carbocycles. The van der Waals surface area contributed by atoms with Crippen LogP contribution in [-0.4, -0.2) is 30.3 Å². The zero-order valence-corrected chi connectivity index (χ0v) is 17.9. The molecular formula is C24H32N2O2. The number of aryl methyl sites for hydroxylation is 3. The number of hydrogen-bond acceptors (Lipinski definition) is 2. The fourth-order valence-corrected chi connectivity index (χ4v) is 3.70. The summed E-state index contributed by atoms with van der Waals surface area (Å²) in [4.78, 5) is 27.3. The SMILES string of the molecule is CCC(C)C(C(=O)N(C)CC(=O)Nc1c(C)cc(C)cc1C)c1ccccc1. The van der Waals surface area contributed by atoms with E-state index in [1.54, 1.807) is 7.05 Å². The van der Waals surface area contributed by atoms with Crippen LogP contribution in [0.1, 0.15) is 48.4 Å². The van der Waals surface area contributed by atoms with E-state index in [9.17, 15) is 9.59 Å². The third-order valence-corrected chi connectivity index (χ3v) is 5.34. The van der Waals surface area contributed by atoms with E-state index < -0.39 is 0 Å². The van der Waals surface area contributed by atoms with E-state index >= 15 is 0 Å². The first kappa shape index (κ1) is 21.7. The molecule has 150 valence electrons. The zero-order valence-electron chi connectivity index (χ0n) is 17.9. The number of anilines is 1. The molecule has 0 heterocycles. The van der Waals surface area contributed by atoms with Gasteiger partial charge in [0.1, 0.15) is 0 Å². The van der Waals surface area contributed by atoms with Crippen LogP contribution in [0.2, 0.25) is 0 Å². The van der Waals surface area contributed by atoms with Gasteiger partial charge in [0, 0.05) is 12.7 Å². The van der Waals surface area contributed by atoms with Crippen LogP contribution in [-0.2, 0) is 9.59 Å². The number of benzene rings is 2. The van der Waals surface area contributed by atoms with Gasteiger partial charge in [0.05, 0.1) is 12.5 Å². The van der Waals surface area contributed by atoms with Crippen LogP contribution in [0.5, 0.6) is 0 Å². The van der Waals surface area contributed by atoms with Gasteiger partial charge in [-0.2, -0.15) is 0 Å². The summed E-state index contributed by atoms with van der Waals surface area (Å²) in [5.74, 6) is -0.247. The van der Waals surface area contributed by atoms with Crippen molar-refractivity contribution in [2.24, 2.45) is 5.92 Å². The average molecular weight is 381 g/mol. The van der Waals surface area contributed by atoms with Crippen LogP contribution < -0.4 is 5.32 Å². The quantitative estimate of drug-likeness (QED) is 0.747. The van der Waals surface area contributed by atoms with Crippen LogP contribution in [0, 0.1) is 26.7 Å². The molecule has 2 rings (SSSR count). The van der Waals surface area contributed by atoms with E-state index in [-0.39, 0.29) is 30.2 Å². The third-order valence-electron chi connectivity index (χ3n) is 5.34. The number of likely N-dealkylation sites (N-methyl/N-ethyl adjacent to an activating group) is 1. The molecule has 0 aliphatic heterocycles. The van der Waals surface area contributed by atoms with E-state index in [1.807, 2.05) is 63.2 Å². The Morgan fingerprint density at radius 3 is 2.14 bits per heavy atom. The average Bonchev–Trinajstić information content (AvgIpc) is 2.65. The van der Waals surface area contributed by atoms with E-state index in [1.165, 1.54) is 10.5 Å². The summed E-state index contributed by atoms with van der Waals surface area (Å²) in [7, 11) is 1.70. The minimum absolute atomic E-state index is 0.0203. The summed E-state index contributed by atoms with van der Waals surface area (Å²) in [6.07, 6.45) is 0.896. The van der Waals surface area contributed by atoms with Crippen molar-refractivity contribution in [1.29, 1.82) is 0 Å². The van der Waals surface area contributed by atoms with Gasteiger partial charge in [-0.1, -0.05) is 68.3 Å². The van der Waals surface area contributed by atoms with E-state index in [0.717, 1.165) is 28.8 Å². The molecule has 0 bridgehead atoms. The lowest BCUT2D eigenvalue weighted by Crippen LogP contribution is -2.39. The number of nitrogens with one attached hydrogen (secondary N) is 1. The first-order chi connectivity index (χ1) is 13.2. The molecule has 0 aliphatic rings. The molecular weight excluding hydrogens is 348 g/mol. The molecule has 1 N–H and O–H groups in total. The number of rotatable bonds is 7. The second-order valence-electron chi connectivity index (χ2n) is 7.79. The van der Waals surface area contributed by atoms with Crippen LogP contribution in [0.15, 0.2) is 42.5 Å². The topological polar surface area (TPSA) is 49.4 Å². The Morgan fingerprint density at radius 1 is 1.04 bits per heavy atom. The fraction of sp³-hybridized carbons (Fsp3) is 0.417.